The molecule has 2 nitrogen and oxygen atoms in total. The van der Waals surface area contributed by atoms with Gasteiger partial charge < -0.3 is 4.90 Å². The molecule has 0 bridgehead atoms. The molecule has 9 heavy (non-hydrogen) atoms. The molecule has 0 radical (unpaired) electrons. The summed E-state index contributed by atoms with van der Waals surface area (Å²) in [5.41, 5.74) is 0.574. The Labute approximate surface area is 57.2 Å². The normalized spacial score (nSPS) is 7.67. The first-order valence-corrected chi connectivity index (χ1v) is 2.72. The van der Waals surface area contributed by atoms with Crippen molar-refractivity contribution >= 4 is 6.29 Å². The van der Waals surface area contributed by atoms with E-state index in [1.54, 1.807) is 6.92 Å². The summed E-state index contributed by atoms with van der Waals surface area (Å²) in [6, 6.07) is 0. The lowest BCUT2D eigenvalue weighted by atomic mass is 10.4. The first kappa shape index (κ1) is 11.2. The summed E-state index contributed by atoms with van der Waals surface area (Å²) in [6.07, 6.45) is 0.722. The lowest BCUT2D eigenvalue weighted by Gasteiger charge is -1.90. The van der Waals surface area contributed by atoms with E-state index in [1.165, 1.54) is 0 Å². The third kappa shape index (κ3) is 113. The lowest BCUT2D eigenvalue weighted by molar-refractivity contribution is -0.104. The largest absolute Gasteiger partial charge is 0.312 e. The summed E-state index contributed by atoms with van der Waals surface area (Å²) >= 11 is 0. The molecule has 0 rings (SSSR count). The molecule has 0 aromatic carbocycles. The van der Waals surface area contributed by atoms with Crippen molar-refractivity contribution in [3.8, 4) is 0 Å². The molecule has 0 fully saturated rings. The zero-order valence-corrected chi connectivity index (χ0v) is 6.64. The second-order valence-corrected chi connectivity index (χ2v) is 2.31. The van der Waals surface area contributed by atoms with Gasteiger partial charge in [0.2, 0.25) is 0 Å². The zero-order valence-electron chi connectivity index (χ0n) is 6.64. The molecular weight excluding hydrogens is 114 g/mol. The molecule has 0 unspecified atom stereocenters. The average molecular weight is 129 g/mol. The molecule has 0 aliphatic carbocycles. The minimum absolute atomic E-state index is 0.574. The van der Waals surface area contributed by atoms with Crippen LogP contribution in [0.3, 0.4) is 0 Å². The van der Waals surface area contributed by atoms with Gasteiger partial charge in [-0.3, -0.25) is 4.79 Å². The Morgan fingerprint density at radius 1 is 1.44 bits per heavy atom. The SMILES string of the molecule is C=C(C)C=O.CN(C)C. The van der Waals surface area contributed by atoms with Crippen molar-refractivity contribution in [3.05, 3.63) is 12.2 Å². The Morgan fingerprint density at radius 2 is 1.56 bits per heavy atom. The standard InChI is InChI=1S/C4H6O.C3H9N/c1-4(2)3-5;1-4(2)3/h3H,1H2,2H3;1-3H3. The Morgan fingerprint density at radius 3 is 1.56 bits per heavy atom. The van der Waals surface area contributed by atoms with Crippen LogP contribution in [0.15, 0.2) is 12.2 Å². The Balaban J connectivity index is 0. The van der Waals surface area contributed by atoms with Crippen LogP contribution >= 0.6 is 0 Å². The van der Waals surface area contributed by atoms with Gasteiger partial charge in [-0.15, -0.1) is 0 Å². The van der Waals surface area contributed by atoms with Gasteiger partial charge in [0.15, 0.2) is 0 Å². The monoisotopic (exact) mass is 129 g/mol. The molecule has 0 aromatic heterocycles. The number of rotatable bonds is 1. The first-order chi connectivity index (χ1) is 4.00. The van der Waals surface area contributed by atoms with Crippen molar-refractivity contribution in [3.63, 3.8) is 0 Å². The van der Waals surface area contributed by atoms with E-state index in [9.17, 15) is 4.79 Å². The van der Waals surface area contributed by atoms with E-state index in [2.05, 4.69) is 6.58 Å². The molecule has 0 aliphatic rings. The minimum atomic E-state index is 0.574. The van der Waals surface area contributed by atoms with Gasteiger partial charge in [-0.2, -0.15) is 0 Å². The van der Waals surface area contributed by atoms with Crippen LogP contribution < -0.4 is 0 Å². The first-order valence-electron chi connectivity index (χ1n) is 2.72. The highest BCUT2D eigenvalue weighted by molar-refractivity contribution is 5.70. The summed E-state index contributed by atoms with van der Waals surface area (Å²) in [7, 11) is 6.00. The number of hydrogen-bond acceptors (Lipinski definition) is 2. The maximum Gasteiger partial charge on any atom is 0.145 e. The molecule has 0 aliphatic heterocycles. The van der Waals surface area contributed by atoms with Crippen LogP contribution in [0.5, 0.6) is 0 Å². The smallest absolute Gasteiger partial charge is 0.145 e. The number of carbonyl (C=O) groups excluding carboxylic acids is 1. The second kappa shape index (κ2) is 7.37. The third-order valence-corrected chi connectivity index (χ3v) is 0.201. The molecule has 54 valence electrons. The Kier molecular flexibility index (Phi) is 9.18. The number of allylic oxidation sites excluding steroid dienone is 1. The van der Waals surface area contributed by atoms with E-state index in [1.807, 2.05) is 26.0 Å². The van der Waals surface area contributed by atoms with Crippen LogP contribution in [0.4, 0.5) is 0 Å². The van der Waals surface area contributed by atoms with Crippen molar-refractivity contribution in [1.29, 1.82) is 0 Å². The fourth-order valence-corrected chi connectivity index (χ4v) is 0. The van der Waals surface area contributed by atoms with Crippen LogP contribution in [0, 0.1) is 0 Å². The van der Waals surface area contributed by atoms with Crippen molar-refractivity contribution in [2.45, 2.75) is 6.92 Å². The van der Waals surface area contributed by atoms with Crippen molar-refractivity contribution in [2.75, 3.05) is 21.1 Å². The van der Waals surface area contributed by atoms with Crippen LogP contribution in [-0.2, 0) is 4.79 Å². The molecule has 0 amide bonds. The van der Waals surface area contributed by atoms with Crippen molar-refractivity contribution < 1.29 is 4.79 Å². The average Bonchev–Trinajstić information content (AvgIpc) is 1.65. The molecule has 0 aromatic rings. The van der Waals surface area contributed by atoms with Crippen LogP contribution in [0.2, 0.25) is 0 Å². The molecular formula is C7H15NO. The molecule has 0 heterocycles. The Bertz CT molecular complexity index is 84.2. The third-order valence-electron chi connectivity index (χ3n) is 0.201. The van der Waals surface area contributed by atoms with Crippen molar-refractivity contribution in [1.82, 2.24) is 4.90 Å². The van der Waals surface area contributed by atoms with Gasteiger partial charge in [0.25, 0.3) is 0 Å². The van der Waals surface area contributed by atoms with Gasteiger partial charge in [0.1, 0.15) is 6.29 Å². The molecule has 0 saturated heterocycles. The van der Waals surface area contributed by atoms with E-state index in [-0.39, 0.29) is 0 Å². The Hall–Kier alpha value is -0.630. The molecule has 0 atom stereocenters. The maximum atomic E-state index is 9.41. The summed E-state index contributed by atoms with van der Waals surface area (Å²) in [5, 5.41) is 0. The topological polar surface area (TPSA) is 20.3 Å². The zero-order chi connectivity index (χ0) is 7.86. The predicted molar refractivity (Wildman–Crippen MR) is 40.5 cm³/mol. The number of carbonyl (C=O) groups is 1. The van der Waals surface area contributed by atoms with Gasteiger partial charge in [-0.1, -0.05) is 6.58 Å². The second-order valence-electron chi connectivity index (χ2n) is 2.31. The van der Waals surface area contributed by atoms with E-state index >= 15 is 0 Å². The highest BCUT2D eigenvalue weighted by atomic mass is 16.1. The summed E-state index contributed by atoms with van der Waals surface area (Å²) in [6.45, 7) is 4.97. The minimum Gasteiger partial charge on any atom is -0.312 e. The number of hydrogen-bond donors (Lipinski definition) is 0. The van der Waals surface area contributed by atoms with Crippen LogP contribution in [-0.4, -0.2) is 32.3 Å². The van der Waals surface area contributed by atoms with Crippen molar-refractivity contribution in [2.24, 2.45) is 0 Å². The van der Waals surface area contributed by atoms with E-state index in [0.717, 1.165) is 6.29 Å². The van der Waals surface area contributed by atoms with E-state index in [0.29, 0.717) is 5.57 Å². The van der Waals surface area contributed by atoms with Gasteiger partial charge in [0, 0.05) is 0 Å². The highest BCUT2D eigenvalue weighted by Gasteiger charge is 1.66. The van der Waals surface area contributed by atoms with Gasteiger partial charge in [-0.05, 0) is 33.6 Å². The highest BCUT2D eigenvalue weighted by Crippen LogP contribution is 1.70. The van der Waals surface area contributed by atoms with E-state index in [4.69, 9.17) is 0 Å². The van der Waals surface area contributed by atoms with Gasteiger partial charge in [-0.25, -0.2) is 0 Å². The molecule has 2 heteroatoms. The van der Waals surface area contributed by atoms with E-state index < -0.39 is 0 Å². The molecule has 0 spiro atoms. The fourth-order valence-electron chi connectivity index (χ4n) is 0. The quantitative estimate of drug-likeness (QED) is 0.388. The fraction of sp³-hybridized carbons (Fsp3) is 0.571. The molecule has 0 N–H and O–H groups in total. The summed E-state index contributed by atoms with van der Waals surface area (Å²) < 4.78 is 0. The maximum absolute atomic E-state index is 9.41. The number of aldehydes is 1. The lowest BCUT2D eigenvalue weighted by Crippen LogP contribution is -1.99. The number of nitrogens with zero attached hydrogens (tertiary/aromatic N) is 1. The summed E-state index contributed by atoms with van der Waals surface area (Å²) in [5.74, 6) is 0. The summed E-state index contributed by atoms with van der Waals surface area (Å²) in [4.78, 5) is 11.4. The molecule has 0 saturated carbocycles. The predicted octanol–water partition coefficient (Wildman–Crippen LogP) is 0.939. The van der Waals surface area contributed by atoms with Crippen LogP contribution in [0.1, 0.15) is 6.92 Å². The van der Waals surface area contributed by atoms with Gasteiger partial charge in [0.05, 0.1) is 0 Å². The van der Waals surface area contributed by atoms with Crippen LogP contribution in [0.25, 0.3) is 0 Å². The van der Waals surface area contributed by atoms with Gasteiger partial charge >= 0.3 is 0 Å².